The molecule has 7 heteroatoms. The minimum Gasteiger partial charge on any atom is -0.484 e. The lowest BCUT2D eigenvalue weighted by molar-refractivity contribution is -0.123. The number of rotatable bonds is 7. The highest BCUT2D eigenvalue weighted by molar-refractivity contribution is 5.84. The Kier molecular flexibility index (Phi) is 6.45. The molecule has 0 bridgehead atoms. The minimum absolute atomic E-state index is 0.152. The van der Waals surface area contributed by atoms with Gasteiger partial charge in [0.15, 0.2) is 6.61 Å². The van der Waals surface area contributed by atoms with Gasteiger partial charge in [-0.2, -0.15) is 10.4 Å². The summed E-state index contributed by atoms with van der Waals surface area (Å²) in [5, 5.41) is 12.8. The molecule has 146 valence electrons. The molecule has 1 N–H and O–H groups in total. The first-order valence-corrected chi connectivity index (χ1v) is 9.30. The zero-order valence-corrected chi connectivity index (χ0v) is 16.1. The summed E-state index contributed by atoms with van der Waals surface area (Å²) in [5.41, 5.74) is 6.21. The highest BCUT2D eigenvalue weighted by atomic mass is 16.5. The number of hydrogen-bond acceptors (Lipinski definition) is 5. The molecule has 7 nitrogen and oxygen atoms in total. The third-order valence-corrected chi connectivity index (χ3v) is 4.77. The lowest BCUT2D eigenvalue weighted by Gasteiger charge is -2.14. The van der Waals surface area contributed by atoms with Crippen LogP contribution in [-0.4, -0.2) is 36.0 Å². The quantitative estimate of drug-likeness (QED) is 0.591. The van der Waals surface area contributed by atoms with E-state index < -0.39 is 0 Å². The maximum absolute atomic E-state index is 11.9. The van der Waals surface area contributed by atoms with Crippen molar-refractivity contribution in [2.45, 2.75) is 39.3 Å². The first-order valence-electron chi connectivity index (χ1n) is 9.30. The molecule has 2 aromatic rings. The second-order valence-electron chi connectivity index (χ2n) is 6.79. The van der Waals surface area contributed by atoms with Crippen LogP contribution in [0.4, 0.5) is 0 Å². The average Bonchev–Trinajstić information content (AvgIpc) is 3.31. The van der Waals surface area contributed by atoms with Crippen molar-refractivity contribution < 1.29 is 14.3 Å². The largest absolute Gasteiger partial charge is 0.484 e. The van der Waals surface area contributed by atoms with Crippen LogP contribution < -0.4 is 10.2 Å². The molecule has 0 aliphatic carbocycles. The monoisotopic (exact) mass is 380 g/mol. The van der Waals surface area contributed by atoms with Crippen LogP contribution in [0.1, 0.15) is 35.4 Å². The van der Waals surface area contributed by atoms with E-state index in [9.17, 15) is 4.79 Å². The third-order valence-electron chi connectivity index (χ3n) is 4.77. The van der Waals surface area contributed by atoms with Crippen molar-refractivity contribution in [1.29, 1.82) is 5.26 Å². The Morgan fingerprint density at radius 1 is 1.43 bits per heavy atom. The summed E-state index contributed by atoms with van der Waals surface area (Å²) >= 11 is 0. The second-order valence-corrected chi connectivity index (χ2v) is 6.79. The van der Waals surface area contributed by atoms with E-state index in [1.54, 1.807) is 30.5 Å². The molecule has 1 atom stereocenters. The topological polar surface area (TPSA) is 88.6 Å². The van der Waals surface area contributed by atoms with Crippen molar-refractivity contribution >= 4 is 12.1 Å². The Bertz CT molecular complexity index is 888. The maximum atomic E-state index is 11.9. The van der Waals surface area contributed by atoms with Gasteiger partial charge in [-0.15, -0.1) is 0 Å². The van der Waals surface area contributed by atoms with E-state index in [4.69, 9.17) is 14.7 Å². The molecule has 1 fully saturated rings. The van der Waals surface area contributed by atoms with E-state index in [0.29, 0.717) is 11.3 Å². The average molecular weight is 380 g/mol. The van der Waals surface area contributed by atoms with Gasteiger partial charge in [0, 0.05) is 30.1 Å². The first-order chi connectivity index (χ1) is 13.6. The number of carbonyl (C=O) groups excluding carboxylic acids is 1. The van der Waals surface area contributed by atoms with Crippen molar-refractivity contribution in [3.05, 3.63) is 52.8 Å². The van der Waals surface area contributed by atoms with Gasteiger partial charge in [-0.25, -0.2) is 5.43 Å². The summed E-state index contributed by atoms with van der Waals surface area (Å²) in [4.78, 5) is 11.9. The van der Waals surface area contributed by atoms with Crippen LogP contribution in [-0.2, 0) is 16.1 Å². The predicted octanol–water partition coefficient (Wildman–Crippen LogP) is 2.68. The van der Waals surface area contributed by atoms with Gasteiger partial charge in [0.25, 0.3) is 5.91 Å². The molecule has 1 amide bonds. The molecular formula is C21H24N4O3. The number of aromatic nitrogens is 1. The molecule has 0 unspecified atom stereocenters. The van der Waals surface area contributed by atoms with Crippen LogP contribution in [0.2, 0.25) is 0 Å². The number of hydrazone groups is 1. The first kappa shape index (κ1) is 19.6. The smallest absolute Gasteiger partial charge is 0.277 e. The van der Waals surface area contributed by atoms with Crippen molar-refractivity contribution in [3.8, 4) is 11.8 Å². The highest BCUT2D eigenvalue weighted by Gasteiger charge is 2.18. The van der Waals surface area contributed by atoms with Gasteiger partial charge in [0.05, 0.1) is 24.0 Å². The van der Waals surface area contributed by atoms with E-state index in [1.807, 2.05) is 19.1 Å². The molecule has 1 aliphatic heterocycles. The zero-order valence-electron chi connectivity index (χ0n) is 16.1. The van der Waals surface area contributed by atoms with Crippen molar-refractivity contribution in [1.82, 2.24) is 9.99 Å². The van der Waals surface area contributed by atoms with Crippen LogP contribution in [0.5, 0.6) is 5.75 Å². The maximum Gasteiger partial charge on any atom is 0.277 e. The summed E-state index contributed by atoms with van der Waals surface area (Å²) in [6.07, 6.45) is 4.13. The lowest BCUT2D eigenvalue weighted by atomic mass is 10.2. The van der Waals surface area contributed by atoms with Gasteiger partial charge < -0.3 is 14.0 Å². The summed E-state index contributed by atoms with van der Waals surface area (Å²) in [6.45, 7) is 5.63. The molecule has 1 aromatic carbocycles. The van der Waals surface area contributed by atoms with Crippen LogP contribution in [0.3, 0.4) is 0 Å². The van der Waals surface area contributed by atoms with Gasteiger partial charge in [0.2, 0.25) is 0 Å². The van der Waals surface area contributed by atoms with Crippen LogP contribution in [0.15, 0.2) is 35.4 Å². The molecule has 1 aliphatic rings. The molecular weight excluding hydrogens is 356 g/mol. The molecule has 2 heterocycles. The molecule has 1 saturated heterocycles. The van der Waals surface area contributed by atoms with E-state index in [-0.39, 0.29) is 18.6 Å². The Balaban J connectivity index is 1.50. The molecule has 3 rings (SSSR count). The van der Waals surface area contributed by atoms with Crippen LogP contribution >= 0.6 is 0 Å². The number of nitriles is 1. The number of nitrogens with one attached hydrogen (secondary N) is 1. The van der Waals surface area contributed by atoms with Crippen molar-refractivity contribution in [3.63, 3.8) is 0 Å². The normalized spacial score (nSPS) is 16.2. The summed E-state index contributed by atoms with van der Waals surface area (Å²) in [5.74, 6) is 0.171. The molecule has 0 saturated carbocycles. The zero-order chi connectivity index (χ0) is 19.9. The highest BCUT2D eigenvalue weighted by Crippen LogP contribution is 2.19. The standard InChI is InChI=1S/C21H24N4O3/c1-15-10-18(16(2)25(15)13-20-4-3-9-27-20)12-23-24-21(26)14-28-19-7-5-17(11-22)6-8-19/h5-8,10,12,20H,3-4,9,13-14H2,1-2H3,(H,24,26)/b23-12-/t20-/m1/s1. The number of aryl methyl sites for hydroxylation is 1. The summed E-state index contributed by atoms with van der Waals surface area (Å²) in [6, 6.07) is 10.7. The van der Waals surface area contributed by atoms with Crippen molar-refractivity contribution in [2.24, 2.45) is 5.10 Å². The number of carbonyl (C=O) groups is 1. The molecule has 1 aromatic heterocycles. The SMILES string of the molecule is Cc1cc(/C=N\NC(=O)COc2ccc(C#N)cc2)c(C)n1C[C@H]1CCCO1. The van der Waals surface area contributed by atoms with Crippen LogP contribution in [0.25, 0.3) is 0 Å². The molecule has 0 spiro atoms. The number of benzene rings is 1. The fourth-order valence-corrected chi connectivity index (χ4v) is 3.21. The number of amides is 1. The van der Waals surface area contributed by atoms with Gasteiger partial charge in [-0.05, 0) is 57.0 Å². The molecule has 28 heavy (non-hydrogen) atoms. The fourth-order valence-electron chi connectivity index (χ4n) is 3.21. The summed E-state index contributed by atoms with van der Waals surface area (Å²) in [7, 11) is 0. The minimum atomic E-state index is -0.353. The molecule has 0 radical (unpaired) electrons. The Morgan fingerprint density at radius 3 is 2.89 bits per heavy atom. The number of nitrogens with zero attached hydrogens (tertiary/aromatic N) is 3. The third kappa shape index (κ3) is 4.99. The Morgan fingerprint density at radius 2 is 2.21 bits per heavy atom. The van der Waals surface area contributed by atoms with E-state index in [1.165, 1.54) is 0 Å². The van der Waals surface area contributed by atoms with Gasteiger partial charge in [-0.3, -0.25) is 4.79 Å². The van der Waals surface area contributed by atoms with Crippen LogP contribution in [0, 0.1) is 25.2 Å². The predicted molar refractivity (Wildman–Crippen MR) is 105 cm³/mol. The number of ether oxygens (including phenoxy) is 2. The lowest BCUT2D eigenvalue weighted by Crippen LogP contribution is -2.24. The second kappa shape index (κ2) is 9.20. The van der Waals surface area contributed by atoms with Gasteiger partial charge in [-0.1, -0.05) is 0 Å². The summed E-state index contributed by atoms with van der Waals surface area (Å²) < 4.78 is 13.3. The Labute approximate surface area is 164 Å². The van der Waals surface area contributed by atoms with Gasteiger partial charge in [0.1, 0.15) is 5.75 Å². The van der Waals surface area contributed by atoms with Gasteiger partial charge >= 0.3 is 0 Å². The number of hydrogen-bond donors (Lipinski definition) is 1. The van der Waals surface area contributed by atoms with E-state index >= 15 is 0 Å². The fraction of sp³-hybridized carbons (Fsp3) is 0.381. The van der Waals surface area contributed by atoms with Crippen molar-refractivity contribution in [2.75, 3.05) is 13.2 Å². The van der Waals surface area contributed by atoms with E-state index in [0.717, 1.165) is 42.9 Å². The Hall–Kier alpha value is -3.11. The van der Waals surface area contributed by atoms with E-state index in [2.05, 4.69) is 22.0 Å².